The molecule has 144 valence electrons. The van der Waals surface area contributed by atoms with E-state index in [1.54, 1.807) is 11.9 Å². The third-order valence-electron chi connectivity index (χ3n) is 5.25. The van der Waals surface area contributed by atoms with Crippen LogP contribution >= 0.6 is 11.9 Å². The van der Waals surface area contributed by atoms with Crippen molar-refractivity contribution >= 4 is 30.2 Å². The summed E-state index contributed by atoms with van der Waals surface area (Å²) < 4.78 is 34.7. The molecule has 2 aliphatic heterocycles. The number of nitrogens with zero attached hydrogens (tertiary/aromatic N) is 1. The van der Waals surface area contributed by atoms with Crippen LogP contribution in [-0.2, 0) is 14.0 Å². The van der Waals surface area contributed by atoms with Gasteiger partial charge in [0.1, 0.15) is 5.82 Å². The van der Waals surface area contributed by atoms with E-state index in [9.17, 15) is 4.39 Å². The van der Waals surface area contributed by atoms with Crippen LogP contribution in [0.2, 0.25) is 0 Å². The highest BCUT2D eigenvalue weighted by Gasteiger charge is 2.51. The Kier molecular flexibility index (Phi) is 6.19. The molecule has 0 bridgehead atoms. The minimum absolute atomic E-state index is 0.298. The highest BCUT2D eigenvalue weighted by Crippen LogP contribution is 2.36. The van der Waals surface area contributed by atoms with Crippen molar-refractivity contribution in [3.63, 3.8) is 0 Å². The lowest BCUT2D eigenvalue weighted by molar-refractivity contribution is 0.00578. The van der Waals surface area contributed by atoms with Crippen molar-refractivity contribution in [2.75, 3.05) is 43.3 Å². The summed E-state index contributed by atoms with van der Waals surface area (Å²) in [6.45, 7) is 12.5. The lowest BCUT2D eigenvalue weighted by atomic mass is 9.79. The van der Waals surface area contributed by atoms with Crippen LogP contribution < -0.4 is 10.2 Å². The topological polar surface area (TPSA) is 43.0 Å². The van der Waals surface area contributed by atoms with E-state index in [2.05, 4.69) is 9.62 Å². The smallest absolute Gasteiger partial charge is 0.399 e. The number of hydrogen-bond acceptors (Lipinski definition) is 6. The standard InChI is InChI=1S/C18H28BFN2O3S/c1-17(2)18(3,4)25-19(24-17)14-11-15(20)13-16(12-14)21-26-10-7-22-5-8-23-9-6-22/h11-13,21H,5-10H2,1-4H3. The lowest BCUT2D eigenvalue weighted by Gasteiger charge is -2.32. The van der Waals surface area contributed by atoms with E-state index in [4.69, 9.17) is 14.0 Å². The molecule has 1 aromatic rings. The van der Waals surface area contributed by atoms with Crippen LogP contribution in [0.4, 0.5) is 10.1 Å². The molecule has 2 heterocycles. The molecule has 0 radical (unpaired) electrons. The van der Waals surface area contributed by atoms with E-state index < -0.39 is 18.3 Å². The Hall–Kier alpha value is -0.795. The molecule has 0 saturated carbocycles. The van der Waals surface area contributed by atoms with E-state index in [-0.39, 0.29) is 5.82 Å². The summed E-state index contributed by atoms with van der Waals surface area (Å²) in [6, 6.07) is 4.87. The maximum Gasteiger partial charge on any atom is 0.495 e. The van der Waals surface area contributed by atoms with Gasteiger partial charge in [-0.1, -0.05) is 11.9 Å². The second kappa shape index (κ2) is 8.06. The van der Waals surface area contributed by atoms with Crippen molar-refractivity contribution in [2.45, 2.75) is 38.9 Å². The van der Waals surface area contributed by atoms with Gasteiger partial charge in [0.25, 0.3) is 0 Å². The van der Waals surface area contributed by atoms with Gasteiger partial charge in [0.05, 0.1) is 24.4 Å². The van der Waals surface area contributed by atoms with Crippen LogP contribution in [0.3, 0.4) is 0 Å². The number of benzene rings is 1. The summed E-state index contributed by atoms with van der Waals surface area (Å²) >= 11 is 1.58. The van der Waals surface area contributed by atoms with Crippen molar-refractivity contribution in [3.8, 4) is 0 Å². The first-order valence-corrected chi connectivity index (χ1v) is 10.1. The molecular weight excluding hydrogens is 354 g/mol. The van der Waals surface area contributed by atoms with Gasteiger partial charge in [-0.05, 0) is 51.4 Å². The van der Waals surface area contributed by atoms with Crippen LogP contribution in [0, 0.1) is 5.82 Å². The largest absolute Gasteiger partial charge is 0.495 e. The molecule has 3 rings (SSSR count). The predicted octanol–water partition coefficient (Wildman–Crippen LogP) is 2.52. The molecular formula is C18H28BFN2O3S. The van der Waals surface area contributed by atoms with Crippen LogP contribution in [0.5, 0.6) is 0 Å². The second-order valence-corrected chi connectivity index (χ2v) is 8.67. The van der Waals surface area contributed by atoms with E-state index in [1.165, 1.54) is 12.1 Å². The number of morpholine rings is 1. The fourth-order valence-corrected chi connectivity index (χ4v) is 3.66. The normalized spacial score (nSPS) is 22.6. The fraction of sp³-hybridized carbons (Fsp3) is 0.667. The van der Waals surface area contributed by atoms with Gasteiger partial charge in [-0.25, -0.2) is 4.39 Å². The summed E-state index contributed by atoms with van der Waals surface area (Å²) in [6.07, 6.45) is 0. The predicted molar refractivity (Wildman–Crippen MR) is 105 cm³/mol. The average Bonchev–Trinajstić information content (AvgIpc) is 2.80. The van der Waals surface area contributed by atoms with Gasteiger partial charge in [0, 0.05) is 31.1 Å². The van der Waals surface area contributed by atoms with Gasteiger partial charge >= 0.3 is 7.12 Å². The molecule has 0 aliphatic carbocycles. The van der Waals surface area contributed by atoms with Crippen LogP contribution in [-0.4, -0.2) is 61.8 Å². The summed E-state index contributed by atoms with van der Waals surface area (Å²) in [5.41, 5.74) is 0.538. The van der Waals surface area contributed by atoms with Crippen molar-refractivity contribution in [1.29, 1.82) is 0 Å². The zero-order valence-electron chi connectivity index (χ0n) is 16.0. The number of ether oxygens (including phenoxy) is 1. The van der Waals surface area contributed by atoms with Crippen molar-refractivity contribution in [3.05, 3.63) is 24.0 Å². The quantitative estimate of drug-likeness (QED) is 0.463. The Balaban J connectivity index is 1.56. The Morgan fingerprint density at radius 1 is 1.12 bits per heavy atom. The Morgan fingerprint density at radius 2 is 1.77 bits per heavy atom. The van der Waals surface area contributed by atoms with Gasteiger partial charge in [-0.15, -0.1) is 0 Å². The number of hydrogen-bond donors (Lipinski definition) is 1. The summed E-state index contributed by atoms with van der Waals surface area (Å²) in [5.74, 6) is 0.621. The van der Waals surface area contributed by atoms with Gasteiger partial charge in [0.15, 0.2) is 0 Å². The Morgan fingerprint density at radius 3 is 2.42 bits per heavy atom. The molecule has 1 aromatic carbocycles. The molecule has 8 heteroatoms. The monoisotopic (exact) mass is 382 g/mol. The highest BCUT2D eigenvalue weighted by molar-refractivity contribution is 8.00. The molecule has 1 N–H and O–H groups in total. The van der Waals surface area contributed by atoms with Gasteiger partial charge in [0.2, 0.25) is 0 Å². The lowest BCUT2D eigenvalue weighted by Crippen LogP contribution is -2.41. The molecule has 5 nitrogen and oxygen atoms in total. The molecule has 0 amide bonds. The molecule has 0 spiro atoms. The third kappa shape index (κ3) is 4.73. The van der Waals surface area contributed by atoms with Crippen LogP contribution in [0.1, 0.15) is 27.7 Å². The minimum atomic E-state index is -0.561. The first-order valence-electron chi connectivity index (χ1n) is 9.11. The Labute approximate surface area is 160 Å². The number of halogens is 1. The second-order valence-electron chi connectivity index (χ2n) is 7.77. The zero-order valence-corrected chi connectivity index (χ0v) is 16.8. The molecule has 0 unspecified atom stereocenters. The molecule has 2 aliphatic rings. The van der Waals surface area contributed by atoms with Gasteiger partial charge in [-0.2, -0.15) is 0 Å². The fourth-order valence-electron chi connectivity index (χ4n) is 2.92. The third-order valence-corrected chi connectivity index (χ3v) is 6.02. The van der Waals surface area contributed by atoms with E-state index in [0.717, 1.165) is 44.3 Å². The molecule has 0 aromatic heterocycles. The summed E-state index contributed by atoms with van der Waals surface area (Å²) in [7, 11) is -0.561. The highest BCUT2D eigenvalue weighted by atomic mass is 32.2. The van der Waals surface area contributed by atoms with E-state index >= 15 is 0 Å². The first-order chi connectivity index (χ1) is 12.3. The number of anilines is 1. The van der Waals surface area contributed by atoms with Crippen molar-refractivity contribution in [1.82, 2.24) is 4.90 Å². The minimum Gasteiger partial charge on any atom is -0.399 e. The van der Waals surface area contributed by atoms with E-state index in [1.807, 2.05) is 33.8 Å². The summed E-state index contributed by atoms with van der Waals surface area (Å²) in [5, 5.41) is 0. The maximum absolute atomic E-state index is 14.1. The maximum atomic E-state index is 14.1. The zero-order chi connectivity index (χ0) is 18.8. The van der Waals surface area contributed by atoms with Gasteiger partial charge < -0.3 is 18.8 Å². The number of nitrogens with one attached hydrogen (secondary N) is 1. The van der Waals surface area contributed by atoms with Crippen LogP contribution in [0.15, 0.2) is 18.2 Å². The summed E-state index contributed by atoms with van der Waals surface area (Å²) in [4.78, 5) is 2.37. The van der Waals surface area contributed by atoms with Gasteiger partial charge in [-0.3, -0.25) is 4.90 Å². The number of rotatable bonds is 6. The van der Waals surface area contributed by atoms with Crippen molar-refractivity contribution < 1.29 is 18.4 Å². The van der Waals surface area contributed by atoms with E-state index in [0.29, 0.717) is 5.46 Å². The van der Waals surface area contributed by atoms with Crippen LogP contribution in [0.25, 0.3) is 0 Å². The average molecular weight is 382 g/mol. The molecule has 26 heavy (non-hydrogen) atoms. The SMILES string of the molecule is CC1(C)OB(c2cc(F)cc(NSCCN3CCOCC3)c2)OC1(C)C. The molecule has 2 saturated heterocycles. The molecule has 0 atom stereocenters. The Bertz CT molecular complexity index is 610. The first kappa shape index (κ1) is 20.0. The van der Waals surface area contributed by atoms with Crippen molar-refractivity contribution in [2.24, 2.45) is 0 Å². The molecule has 2 fully saturated rings.